The lowest BCUT2D eigenvalue weighted by molar-refractivity contribution is -0.126. The van der Waals surface area contributed by atoms with E-state index < -0.39 is 16.1 Å². The molecule has 0 bridgehead atoms. The van der Waals surface area contributed by atoms with E-state index >= 15 is 0 Å². The van der Waals surface area contributed by atoms with Crippen LogP contribution in [0.2, 0.25) is 0 Å². The number of nitrogens with two attached hydrogens (primary N) is 1. The Bertz CT molecular complexity index is 618. The number of hydrogen-bond acceptors (Lipinski definition) is 5. The molecule has 1 unspecified atom stereocenters. The van der Waals surface area contributed by atoms with Crippen molar-refractivity contribution < 1.29 is 17.9 Å². The first-order valence-corrected chi connectivity index (χ1v) is 8.26. The van der Waals surface area contributed by atoms with Crippen LogP contribution in [-0.2, 0) is 14.8 Å². The van der Waals surface area contributed by atoms with Gasteiger partial charge in [0.05, 0.1) is 5.75 Å². The van der Waals surface area contributed by atoms with Gasteiger partial charge in [-0.25, -0.2) is 8.42 Å². The molecule has 1 aromatic carbocycles. The van der Waals surface area contributed by atoms with E-state index in [1.807, 2.05) is 0 Å². The number of amides is 1. The minimum atomic E-state index is -3.53. The van der Waals surface area contributed by atoms with Crippen LogP contribution in [0, 0.1) is 0 Å². The fourth-order valence-corrected chi connectivity index (χ4v) is 3.60. The summed E-state index contributed by atoms with van der Waals surface area (Å²) in [6.45, 7) is 2.20. The quantitative estimate of drug-likeness (QED) is 0.733. The Kier molecular flexibility index (Phi) is 4.69. The Morgan fingerprint density at radius 2 is 2.24 bits per heavy atom. The highest BCUT2D eigenvalue weighted by Crippen LogP contribution is 2.15. The van der Waals surface area contributed by atoms with E-state index in [1.54, 1.807) is 31.2 Å². The molecule has 8 heteroatoms. The van der Waals surface area contributed by atoms with Crippen LogP contribution in [0.15, 0.2) is 24.3 Å². The summed E-state index contributed by atoms with van der Waals surface area (Å²) in [7, 11) is -3.53. The summed E-state index contributed by atoms with van der Waals surface area (Å²) >= 11 is 0. The van der Waals surface area contributed by atoms with Crippen molar-refractivity contribution in [1.29, 1.82) is 0 Å². The molecule has 1 atom stereocenters. The fourth-order valence-electron chi connectivity index (χ4n) is 2.13. The van der Waals surface area contributed by atoms with Crippen LogP contribution < -0.4 is 15.8 Å². The van der Waals surface area contributed by atoms with Gasteiger partial charge < -0.3 is 15.8 Å². The molecular formula is C13H19N3O4S. The van der Waals surface area contributed by atoms with Crippen LogP contribution >= 0.6 is 0 Å². The van der Waals surface area contributed by atoms with Crippen LogP contribution in [0.1, 0.15) is 6.92 Å². The van der Waals surface area contributed by atoms with Gasteiger partial charge in [-0.2, -0.15) is 4.31 Å². The Balaban J connectivity index is 1.93. The number of carbonyl (C=O) groups is 1. The lowest BCUT2D eigenvalue weighted by Gasteiger charge is -2.31. The second kappa shape index (κ2) is 6.31. The van der Waals surface area contributed by atoms with Crippen LogP contribution in [0.5, 0.6) is 5.75 Å². The molecule has 1 aromatic rings. The van der Waals surface area contributed by atoms with Gasteiger partial charge in [0, 0.05) is 24.8 Å². The molecule has 0 radical (unpaired) electrons. The first-order chi connectivity index (χ1) is 9.90. The predicted molar refractivity (Wildman–Crippen MR) is 79.3 cm³/mol. The molecule has 116 valence electrons. The molecule has 21 heavy (non-hydrogen) atoms. The Labute approximate surface area is 124 Å². The number of piperazine rings is 1. The largest absolute Gasteiger partial charge is 0.492 e. The van der Waals surface area contributed by atoms with Gasteiger partial charge in [-0.15, -0.1) is 0 Å². The average Bonchev–Trinajstić information content (AvgIpc) is 2.41. The summed E-state index contributed by atoms with van der Waals surface area (Å²) in [4.78, 5) is 11.5. The van der Waals surface area contributed by atoms with Gasteiger partial charge in [-0.3, -0.25) is 4.79 Å². The van der Waals surface area contributed by atoms with Crippen molar-refractivity contribution in [3.05, 3.63) is 24.3 Å². The molecule has 1 fully saturated rings. The number of carbonyl (C=O) groups excluding carboxylic acids is 1. The normalized spacial score (nSPS) is 20.0. The zero-order chi connectivity index (χ0) is 15.5. The second-order valence-corrected chi connectivity index (χ2v) is 6.86. The zero-order valence-corrected chi connectivity index (χ0v) is 12.6. The average molecular weight is 313 g/mol. The summed E-state index contributed by atoms with van der Waals surface area (Å²) in [6.07, 6.45) is 0. The van der Waals surface area contributed by atoms with E-state index in [1.165, 1.54) is 4.31 Å². The maximum absolute atomic E-state index is 12.2. The summed E-state index contributed by atoms with van der Waals surface area (Å²) in [5, 5.41) is 2.63. The molecule has 0 spiro atoms. The molecule has 1 amide bonds. The van der Waals surface area contributed by atoms with E-state index in [2.05, 4.69) is 5.32 Å². The highest BCUT2D eigenvalue weighted by atomic mass is 32.2. The van der Waals surface area contributed by atoms with Crippen molar-refractivity contribution in [3.8, 4) is 5.75 Å². The number of anilines is 1. The number of nitrogens with one attached hydrogen (secondary N) is 1. The molecule has 3 N–H and O–H groups in total. The number of sulfonamides is 1. The fraction of sp³-hybridized carbons (Fsp3) is 0.462. The zero-order valence-electron chi connectivity index (χ0n) is 11.8. The van der Waals surface area contributed by atoms with E-state index in [9.17, 15) is 13.2 Å². The van der Waals surface area contributed by atoms with Crippen molar-refractivity contribution in [2.75, 3.05) is 31.2 Å². The lowest BCUT2D eigenvalue weighted by atomic mass is 10.2. The van der Waals surface area contributed by atoms with E-state index in [0.717, 1.165) is 0 Å². The molecule has 7 nitrogen and oxygen atoms in total. The third kappa shape index (κ3) is 3.85. The molecule has 2 rings (SSSR count). The summed E-state index contributed by atoms with van der Waals surface area (Å²) in [6, 6.07) is 6.10. The van der Waals surface area contributed by atoms with Gasteiger partial charge in [-0.1, -0.05) is 6.07 Å². The van der Waals surface area contributed by atoms with Gasteiger partial charge in [0.1, 0.15) is 18.4 Å². The number of rotatable bonds is 5. The maximum atomic E-state index is 12.2. The Morgan fingerprint density at radius 1 is 1.48 bits per heavy atom. The molecular weight excluding hydrogens is 294 g/mol. The van der Waals surface area contributed by atoms with E-state index in [4.69, 9.17) is 10.5 Å². The number of nitrogens with zero attached hydrogens (tertiary/aromatic N) is 1. The second-order valence-electron chi connectivity index (χ2n) is 4.81. The molecule has 1 aliphatic rings. The molecule has 1 saturated heterocycles. The van der Waals surface area contributed by atoms with Crippen molar-refractivity contribution in [1.82, 2.24) is 9.62 Å². The topological polar surface area (TPSA) is 102 Å². The third-order valence-corrected chi connectivity index (χ3v) is 5.16. The van der Waals surface area contributed by atoms with Crippen LogP contribution in [0.3, 0.4) is 0 Å². The SMILES string of the molecule is CC1C(=O)NCCN1S(=O)(=O)CCOc1cccc(N)c1. The maximum Gasteiger partial charge on any atom is 0.238 e. The molecule has 0 saturated carbocycles. The smallest absolute Gasteiger partial charge is 0.238 e. The minimum absolute atomic E-state index is 0.0105. The summed E-state index contributed by atoms with van der Waals surface area (Å²) < 4.78 is 31.1. The van der Waals surface area contributed by atoms with Gasteiger partial charge >= 0.3 is 0 Å². The van der Waals surface area contributed by atoms with Crippen LogP contribution in [0.4, 0.5) is 5.69 Å². The Hall–Kier alpha value is -1.80. The highest BCUT2D eigenvalue weighted by molar-refractivity contribution is 7.89. The first-order valence-electron chi connectivity index (χ1n) is 6.66. The van der Waals surface area contributed by atoms with E-state index in [-0.39, 0.29) is 24.8 Å². The predicted octanol–water partition coefficient (Wildman–Crippen LogP) is -0.202. The standard InChI is InChI=1S/C13H19N3O4S/c1-10-13(17)15-5-6-16(10)21(18,19)8-7-20-12-4-2-3-11(14)9-12/h2-4,9-10H,5-8,14H2,1H3,(H,15,17). The van der Waals surface area contributed by atoms with Crippen molar-refractivity contribution in [2.24, 2.45) is 0 Å². The van der Waals surface area contributed by atoms with Gasteiger partial charge in [0.15, 0.2) is 0 Å². The Morgan fingerprint density at radius 3 is 2.95 bits per heavy atom. The summed E-state index contributed by atoms with van der Waals surface area (Å²) in [5.74, 6) is 0.0654. The van der Waals surface area contributed by atoms with Gasteiger partial charge in [0.25, 0.3) is 0 Å². The van der Waals surface area contributed by atoms with Crippen molar-refractivity contribution in [3.63, 3.8) is 0 Å². The molecule has 1 heterocycles. The van der Waals surface area contributed by atoms with Crippen molar-refractivity contribution in [2.45, 2.75) is 13.0 Å². The lowest BCUT2D eigenvalue weighted by Crippen LogP contribution is -2.56. The van der Waals surface area contributed by atoms with Gasteiger partial charge in [0.2, 0.25) is 15.9 Å². The summed E-state index contributed by atoms with van der Waals surface area (Å²) in [5.41, 5.74) is 6.17. The number of nitrogen functional groups attached to an aromatic ring is 1. The van der Waals surface area contributed by atoms with Crippen molar-refractivity contribution >= 4 is 21.6 Å². The van der Waals surface area contributed by atoms with E-state index in [0.29, 0.717) is 18.0 Å². The number of hydrogen-bond donors (Lipinski definition) is 2. The highest BCUT2D eigenvalue weighted by Gasteiger charge is 2.34. The number of benzene rings is 1. The number of ether oxygens (including phenoxy) is 1. The van der Waals surface area contributed by atoms with Gasteiger partial charge in [-0.05, 0) is 19.1 Å². The monoisotopic (exact) mass is 313 g/mol. The third-order valence-electron chi connectivity index (χ3n) is 3.27. The van der Waals surface area contributed by atoms with Crippen LogP contribution in [-0.4, -0.2) is 50.1 Å². The molecule has 0 aromatic heterocycles. The van der Waals surface area contributed by atoms with Crippen LogP contribution in [0.25, 0.3) is 0 Å². The first kappa shape index (κ1) is 15.6. The molecule has 0 aliphatic carbocycles. The molecule has 1 aliphatic heterocycles. The minimum Gasteiger partial charge on any atom is -0.492 e.